The zero-order valence-electron chi connectivity index (χ0n) is 11.5. The van der Waals surface area contributed by atoms with E-state index in [4.69, 9.17) is 4.74 Å². The van der Waals surface area contributed by atoms with Crippen molar-refractivity contribution in [3.05, 3.63) is 59.2 Å². The van der Waals surface area contributed by atoms with Gasteiger partial charge in [-0.3, -0.25) is 0 Å². The van der Waals surface area contributed by atoms with E-state index < -0.39 is 5.97 Å². The Bertz CT molecular complexity index is 623. The highest BCUT2D eigenvalue weighted by molar-refractivity contribution is 5.95. The highest BCUT2D eigenvalue weighted by Crippen LogP contribution is 2.23. The first kappa shape index (κ1) is 14.1. The fourth-order valence-electron chi connectivity index (χ4n) is 2.01. The molecule has 0 radical (unpaired) electrons. The van der Waals surface area contributed by atoms with Crippen molar-refractivity contribution in [1.82, 2.24) is 0 Å². The van der Waals surface area contributed by atoms with Gasteiger partial charge in [-0.2, -0.15) is 0 Å². The average molecular weight is 271 g/mol. The molecule has 20 heavy (non-hydrogen) atoms. The molecular weight excluding hydrogens is 254 g/mol. The van der Waals surface area contributed by atoms with Crippen LogP contribution in [0.1, 0.15) is 21.5 Å². The fourth-order valence-corrected chi connectivity index (χ4v) is 2.01. The first-order valence-corrected chi connectivity index (χ1v) is 6.29. The number of nitrogens with one attached hydrogen (secondary N) is 1. The fraction of sp³-hybridized carbons (Fsp3) is 0.188. The molecule has 0 spiro atoms. The van der Waals surface area contributed by atoms with E-state index in [2.05, 4.69) is 5.32 Å². The standard InChI is InChI=1S/C16H17NO3/c1-11-6-7-15(14(8-11)16(18)19)17-13-5-3-4-12(9-13)10-20-2/h3-9,17H,10H2,1-2H3,(H,18,19). The number of methoxy groups -OCH3 is 1. The molecule has 104 valence electrons. The van der Waals surface area contributed by atoms with Crippen LogP contribution in [0.3, 0.4) is 0 Å². The average Bonchev–Trinajstić information content (AvgIpc) is 2.41. The number of anilines is 2. The summed E-state index contributed by atoms with van der Waals surface area (Å²) in [6.45, 7) is 2.39. The first-order valence-electron chi connectivity index (χ1n) is 6.29. The lowest BCUT2D eigenvalue weighted by Crippen LogP contribution is -2.03. The van der Waals surface area contributed by atoms with E-state index in [1.54, 1.807) is 19.2 Å². The second-order valence-electron chi connectivity index (χ2n) is 4.61. The number of aromatic carboxylic acids is 1. The van der Waals surface area contributed by atoms with Gasteiger partial charge in [0.1, 0.15) is 0 Å². The largest absolute Gasteiger partial charge is 0.478 e. The molecule has 0 unspecified atom stereocenters. The van der Waals surface area contributed by atoms with Gasteiger partial charge in [0.05, 0.1) is 17.9 Å². The number of hydrogen-bond acceptors (Lipinski definition) is 3. The van der Waals surface area contributed by atoms with Crippen molar-refractivity contribution in [2.75, 3.05) is 12.4 Å². The summed E-state index contributed by atoms with van der Waals surface area (Å²) in [7, 11) is 1.64. The number of ether oxygens (including phenoxy) is 1. The molecule has 0 aliphatic heterocycles. The lowest BCUT2D eigenvalue weighted by atomic mass is 10.1. The number of hydrogen-bond donors (Lipinski definition) is 2. The van der Waals surface area contributed by atoms with Gasteiger partial charge in [-0.25, -0.2) is 4.79 Å². The smallest absolute Gasteiger partial charge is 0.337 e. The van der Waals surface area contributed by atoms with E-state index >= 15 is 0 Å². The van der Waals surface area contributed by atoms with Gasteiger partial charge in [0.2, 0.25) is 0 Å². The van der Waals surface area contributed by atoms with Crippen LogP contribution in [0.4, 0.5) is 11.4 Å². The van der Waals surface area contributed by atoms with Crippen molar-refractivity contribution < 1.29 is 14.6 Å². The molecule has 2 aromatic rings. The van der Waals surface area contributed by atoms with Crippen molar-refractivity contribution in [3.63, 3.8) is 0 Å². The lowest BCUT2D eigenvalue weighted by Gasteiger charge is -2.11. The lowest BCUT2D eigenvalue weighted by molar-refractivity contribution is 0.0698. The second kappa shape index (κ2) is 6.21. The van der Waals surface area contributed by atoms with Gasteiger partial charge in [0.15, 0.2) is 0 Å². The zero-order valence-corrected chi connectivity index (χ0v) is 11.5. The van der Waals surface area contributed by atoms with Crippen LogP contribution in [0.15, 0.2) is 42.5 Å². The monoisotopic (exact) mass is 271 g/mol. The molecule has 0 saturated heterocycles. The van der Waals surface area contributed by atoms with E-state index in [0.717, 1.165) is 16.8 Å². The first-order chi connectivity index (χ1) is 9.60. The minimum absolute atomic E-state index is 0.266. The number of carboxylic acids is 1. The second-order valence-corrected chi connectivity index (χ2v) is 4.61. The molecule has 4 heteroatoms. The van der Waals surface area contributed by atoms with Crippen molar-refractivity contribution in [1.29, 1.82) is 0 Å². The molecule has 2 rings (SSSR count). The molecule has 2 aromatic carbocycles. The minimum atomic E-state index is -0.941. The number of benzene rings is 2. The predicted molar refractivity (Wildman–Crippen MR) is 78.6 cm³/mol. The van der Waals surface area contributed by atoms with E-state index in [-0.39, 0.29) is 5.56 Å². The number of aryl methyl sites for hydroxylation is 1. The molecule has 0 aliphatic rings. The van der Waals surface area contributed by atoms with Gasteiger partial charge >= 0.3 is 5.97 Å². The number of rotatable bonds is 5. The maximum atomic E-state index is 11.3. The Hall–Kier alpha value is -2.33. The third-order valence-electron chi connectivity index (χ3n) is 2.92. The Morgan fingerprint density at radius 1 is 1.25 bits per heavy atom. The van der Waals surface area contributed by atoms with Gasteiger partial charge in [-0.1, -0.05) is 23.8 Å². The van der Waals surface area contributed by atoms with Gasteiger partial charge in [-0.05, 0) is 36.8 Å². The highest BCUT2D eigenvalue weighted by Gasteiger charge is 2.10. The van der Waals surface area contributed by atoms with Crippen LogP contribution in [-0.4, -0.2) is 18.2 Å². The zero-order chi connectivity index (χ0) is 14.5. The molecular formula is C16H17NO3. The predicted octanol–water partition coefficient (Wildman–Crippen LogP) is 3.58. The summed E-state index contributed by atoms with van der Waals surface area (Å²) in [6, 6.07) is 13.0. The molecule has 0 bridgehead atoms. The highest BCUT2D eigenvalue weighted by atomic mass is 16.5. The number of carboxylic acid groups (broad SMARTS) is 1. The summed E-state index contributed by atoms with van der Waals surface area (Å²) < 4.78 is 5.09. The summed E-state index contributed by atoms with van der Waals surface area (Å²) in [4.78, 5) is 11.3. The third-order valence-corrected chi connectivity index (χ3v) is 2.92. The Kier molecular flexibility index (Phi) is 4.38. The van der Waals surface area contributed by atoms with E-state index in [1.165, 1.54) is 0 Å². The van der Waals surface area contributed by atoms with Crippen LogP contribution < -0.4 is 5.32 Å². The maximum Gasteiger partial charge on any atom is 0.337 e. The summed E-state index contributed by atoms with van der Waals surface area (Å²) >= 11 is 0. The summed E-state index contributed by atoms with van der Waals surface area (Å²) in [5, 5.41) is 12.4. The normalized spacial score (nSPS) is 10.3. The van der Waals surface area contributed by atoms with Gasteiger partial charge < -0.3 is 15.2 Å². The van der Waals surface area contributed by atoms with Gasteiger partial charge in [0, 0.05) is 12.8 Å². The molecule has 0 amide bonds. The quantitative estimate of drug-likeness (QED) is 0.872. The molecule has 0 fully saturated rings. The Labute approximate surface area is 118 Å². The van der Waals surface area contributed by atoms with E-state index in [9.17, 15) is 9.90 Å². The number of carbonyl (C=O) groups is 1. The van der Waals surface area contributed by atoms with Crippen LogP contribution in [0.5, 0.6) is 0 Å². The Morgan fingerprint density at radius 3 is 2.75 bits per heavy atom. The Balaban J connectivity index is 2.30. The molecule has 4 nitrogen and oxygen atoms in total. The molecule has 0 heterocycles. The summed E-state index contributed by atoms with van der Waals surface area (Å²) in [6.07, 6.45) is 0. The van der Waals surface area contributed by atoms with Crippen LogP contribution in [0.25, 0.3) is 0 Å². The van der Waals surface area contributed by atoms with Crippen LogP contribution in [-0.2, 0) is 11.3 Å². The van der Waals surface area contributed by atoms with E-state index in [0.29, 0.717) is 12.3 Å². The van der Waals surface area contributed by atoms with Crippen molar-refractivity contribution in [2.24, 2.45) is 0 Å². The van der Waals surface area contributed by atoms with Crippen LogP contribution in [0, 0.1) is 6.92 Å². The molecule has 0 aliphatic carbocycles. The van der Waals surface area contributed by atoms with Crippen molar-refractivity contribution >= 4 is 17.3 Å². The van der Waals surface area contributed by atoms with E-state index in [1.807, 2.05) is 37.3 Å². The Morgan fingerprint density at radius 2 is 2.05 bits per heavy atom. The molecule has 2 N–H and O–H groups in total. The SMILES string of the molecule is COCc1cccc(Nc2ccc(C)cc2C(=O)O)c1. The molecule has 0 aromatic heterocycles. The topological polar surface area (TPSA) is 58.6 Å². The van der Waals surface area contributed by atoms with Crippen molar-refractivity contribution in [2.45, 2.75) is 13.5 Å². The molecule has 0 atom stereocenters. The molecule has 0 saturated carbocycles. The van der Waals surface area contributed by atoms with Crippen molar-refractivity contribution in [3.8, 4) is 0 Å². The summed E-state index contributed by atoms with van der Waals surface area (Å²) in [5.41, 5.74) is 3.63. The van der Waals surface area contributed by atoms with Crippen LogP contribution in [0.2, 0.25) is 0 Å². The van der Waals surface area contributed by atoms with Gasteiger partial charge in [-0.15, -0.1) is 0 Å². The minimum Gasteiger partial charge on any atom is -0.478 e. The van der Waals surface area contributed by atoms with Gasteiger partial charge in [0.25, 0.3) is 0 Å². The summed E-state index contributed by atoms with van der Waals surface area (Å²) in [5.74, 6) is -0.941. The maximum absolute atomic E-state index is 11.3. The van der Waals surface area contributed by atoms with Crippen LogP contribution >= 0.6 is 0 Å². The third kappa shape index (κ3) is 3.36.